The quantitative estimate of drug-likeness (QED) is 0.309. The molecule has 14 heavy (non-hydrogen) atoms. The van der Waals surface area contributed by atoms with Gasteiger partial charge in [-0.2, -0.15) is 4.31 Å². The number of hydrogen-bond acceptors (Lipinski definition) is 4. The first kappa shape index (κ1) is 11.2. The van der Waals surface area contributed by atoms with Gasteiger partial charge in [-0.05, 0) is 0 Å². The zero-order valence-electron chi connectivity index (χ0n) is 7.93. The predicted octanol–water partition coefficient (Wildman–Crippen LogP) is -1.85. The molecule has 82 valence electrons. The van der Waals surface area contributed by atoms with Crippen LogP contribution in [0.1, 0.15) is 0 Å². The predicted molar refractivity (Wildman–Crippen MR) is 50.7 cm³/mol. The topological polar surface area (TPSA) is 95.7 Å². The Labute approximate surface area is 82.9 Å². The molecular formula is C6H14N4O3S. The van der Waals surface area contributed by atoms with Gasteiger partial charge in [0.05, 0.1) is 6.26 Å². The van der Waals surface area contributed by atoms with Gasteiger partial charge in [0.2, 0.25) is 10.0 Å². The van der Waals surface area contributed by atoms with Crippen molar-refractivity contribution in [3.05, 3.63) is 0 Å². The molecular weight excluding hydrogens is 208 g/mol. The first-order valence-corrected chi connectivity index (χ1v) is 6.00. The van der Waals surface area contributed by atoms with Crippen molar-refractivity contribution < 1.29 is 13.2 Å². The smallest absolute Gasteiger partial charge is 0.321 e. The Morgan fingerprint density at radius 2 is 1.79 bits per heavy atom. The number of nitrogens with one attached hydrogen (secondary N) is 1. The SMILES string of the molecule is CS(=O)(=O)N1CCN(C(=O)NN)CC1. The van der Waals surface area contributed by atoms with Crippen LogP contribution in [0.4, 0.5) is 4.79 Å². The molecule has 0 spiro atoms. The Balaban J connectivity index is 2.51. The van der Waals surface area contributed by atoms with Crippen LogP contribution in [0.25, 0.3) is 0 Å². The van der Waals surface area contributed by atoms with E-state index in [9.17, 15) is 13.2 Å². The number of urea groups is 1. The molecule has 3 N–H and O–H groups in total. The highest BCUT2D eigenvalue weighted by Crippen LogP contribution is 2.05. The van der Waals surface area contributed by atoms with Gasteiger partial charge in [0.15, 0.2) is 0 Å². The lowest BCUT2D eigenvalue weighted by Crippen LogP contribution is -2.54. The van der Waals surface area contributed by atoms with Crippen molar-refractivity contribution in [3.63, 3.8) is 0 Å². The number of carbonyl (C=O) groups excluding carboxylic acids is 1. The monoisotopic (exact) mass is 222 g/mol. The molecule has 0 aromatic heterocycles. The zero-order valence-corrected chi connectivity index (χ0v) is 8.75. The fourth-order valence-corrected chi connectivity index (χ4v) is 2.14. The van der Waals surface area contributed by atoms with Crippen LogP contribution in [0, 0.1) is 0 Å². The summed E-state index contributed by atoms with van der Waals surface area (Å²) < 4.78 is 23.6. The second-order valence-electron chi connectivity index (χ2n) is 3.10. The van der Waals surface area contributed by atoms with Crippen LogP contribution >= 0.6 is 0 Å². The average Bonchev–Trinajstić information content (AvgIpc) is 2.15. The molecule has 1 fully saturated rings. The lowest BCUT2D eigenvalue weighted by molar-refractivity contribution is 0.173. The molecule has 1 heterocycles. The summed E-state index contributed by atoms with van der Waals surface area (Å²) in [5, 5.41) is 0. The van der Waals surface area contributed by atoms with E-state index in [1.807, 2.05) is 5.43 Å². The Morgan fingerprint density at radius 3 is 2.14 bits per heavy atom. The maximum absolute atomic E-state index is 11.1. The molecule has 0 saturated carbocycles. The maximum atomic E-state index is 11.1. The molecule has 1 aliphatic rings. The standard InChI is InChI=1S/C6H14N4O3S/c1-14(12,13)10-4-2-9(3-5-10)6(11)8-7/h2-5,7H2,1H3,(H,8,11). The van der Waals surface area contributed by atoms with Gasteiger partial charge in [-0.25, -0.2) is 19.1 Å². The molecule has 1 saturated heterocycles. The number of nitrogens with two attached hydrogens (primary N) is 1. The van der Waals surface area contributed by atoms with E-state index in [4.69, 9.17) is 5.84 Å². The lowest BCUT2D eigenvalue weighted by Gasteiger charge is -2.32. The van der Waals surface area contributed by atoms with E-state index >= 15 is 0 Å². The van der Waals surface area contributed by atoms with Gasteiger partial charge in [0.1, 0.15) is 0 Å². The van der Waals surface area contributed by atoms with Crippen molar-refractivity contribution in [1.29, 1.82) is 0 Å². The lowest BCUT2D eigenvalue weighted by atomic mass is 10.4. The van der Waals surface area contributed by atoms with Gasteiger partial charge < -0.3 is 4.90 Å². The molecule has 7 nitrogen and oxygen atoms in total. The van der Waals surface area contributed by atoms with Crippen LogP contribution in [0.3, 0.4) is 0 Å². The van der Waals surface area contributed by atoms with E-state index in [0.717, 1.165) is 6.26 Å². The third kappa shape index (κ3) is 2.56. The number of hydrazine groups is 1. The number of carbonyl (C=O) groups is 1. The first-order chi connectivity index (χ1) is 6.45. The second kappa shape index (κ2) is 4.11. The molecule has 0 aromatic carbocycles. The maximum Gasteiger partial charge on any atom is 0.331 e. The van der Waals surface area contributed by atoms with Gasteiger partial charge >= 0.3 is 6.03 Å². The van der Waals surface area contributed by atoms with Gasteiger partial charge in [-0.3, -0.25) is 5.43 Å². The summed E-state index contributed by atoms with van der Waals surface area (Å²) in [6.45, 7) is 1.39. The largest absolute Gasteiger partial charge is 0.331 e. The number of rotatable bonds is 1. The number of hydrogen-bond donors (Lipinski definition) is 2. The molecule has 0 radical (unpaired) electrons. The van der Waals surface area contributed by atoms with Crippen molar-refractivity contribution in [1.82, 2.24) is 14.6 Å². The molecule has 1 aliphatic heterocycles. The van der Waals surface area contributed by atoms with Crippen molar-refractivity contribution in [2.24, 2.45) is 5.84 Å². The molecule has 0 unspecified atom stereocenters. The van der Waals surface area contributed by atoms with Crippen molar-refractivity contribution >= 4 is 16.1 Å². The Bertz CT molecular complexity index is 307. The first-order valence-electron chi connectivity index (χ1n) is 4.16. The van der Waals surface area contributed by atoms with Crippen LogP contribution in [0.5, 0.6) is 0 Å². The van der Waals surface area contributed by atoms with Crippen molar-refractivity contribution in [3.8, 4) is 0 Å². The molecule has 0 atom stereocenters. The minimum Gasteiger partial charge on any atom is -0.321 e. The normalized spacial score (nSPS) is 19.4. The molecule has 0 aliphatic carbocycles. The Morgan fingerprint density at radius 1 is 1.29 bits per heavy atom. The van der Waals surface area contributed by atoms with Crippen LogP contribution in [-0.2, 0) is 10.0 Å². The summed E-state index contributed by atoms with van der Waals surface area (Å²) in [6, 6.07) is -0.377. The van der Waals surface area contributed by atoms with E-state index in [0.29, 0.717) is 26.2 Å². The number of amides is 2. The Kier molecular flexibility index (Phi) is 3.29. The summed E-state index contributed by atoms with van der Waals surface area (Å²) in [5.41, 5.74) is 2.01. The Hall–Kier alpha value is -0.860. The minimum absolute atomic E-state index is 0.326. The molecule has 2 amide bonds. The average molecular weight is 222 g/mol. The van der Waals surface area contributed by atoms with E-state index in [1.165, 1.54) is 9.21 Å². The van der Waals surface area contributed by atoms with Gasteiger partial charge in [0, 0.05) is 26.2 Å². The highest BCUT2D eigenvalue weighted by Gasteiger charge is 2.25. The molecule has 0 aromatic rings. The van der Waals surface area contributed by atoms with Gasteiger partial charge in [-0.1, -0.05) is 0 Å². The fourth-order valence-electron chi connectivity index (χ4n) is 1.31. The highest BCUT2D eigenvalue weighted by molar-refractivity contribution is 7.88. The van der Waals surface area contributed by atoms with Crippen LogP contribution < -0.4 is 11.3 Å². The number of nitrogens with zero attached hydrogens (tertiary/aromatic N) is 2. The molecule has 0 bridgehead atoms. The highest BCUT2D eigenvalue weighted by atomic mass is 32.2. The summed E-state index contributed by atoms with van der Waals surface area (Å²) in [6.07, 6.45) is 1.16. The van der Waals surface area contributed by atoms with Crippen molar-refractivity contribution in [2.75, 3.05) is 32.4 Å². The van der Waals surface area contributed by atoms with E-state index in [2.05, 4.69) is 0 Å². The third-order valence-electron chi connectivity index (χ3n) is 2.12. The number of sulfonamides is 1. The van der Waals surface area contributed by atoms with Crippen LogP contribution in [-0.4, -0.2) is 56.1 Å². The van der Waals surface area contributed by atoms with Crippen LogP contribution in [0.2, 0.25) is 0 Å². The summed E-state index contributed by atoms with van der Waals surface area (Å²) in [4.78, 5) is 12.5. The van der Waals surface area contributed by atoms with Gasteiger partial charge in [0.25, 0.3) is 0 Å². The second-order valence-corrected chi connectivity index (χ2v) is 5.08. The summed E-state index contributed by atoms with van der Waals surface area (Å²) in [5.74, 6) is 4.95. The van der Waals surface area contributed by atoms with Crippen molar-refractivity contribution in [2.45, 2.75) is 0 Å². The van der Waals surface area contributed by atoms with Crippen LogP contribution in [0.15, 0.2) is 0 Å². The minimum atomic E-state index is -3.14. The summed E-state index contributed by atoms with van der Waals surface area (Å²) >= 11 is 0. The molecule has 1 rings (SSSR count). The number of piperazine rings is 1. The summed E-state index contributed by atoms with van der Waals surface area (Å²) in [7, 11) is -3.14. The third-order valence-corrected chi connectivity index (χ3v) is 3.42. The molecule has 8 heteroatoms. The van der Waals surface area contributed by atoms with Gasteiger partial charge in [-0.15, -0.1) is 0 Å². The zero-order chi connectivity index (χ0) is 10.8. The van der Waals surface area contributed by atoms with E-state index in [1.54, 1.807) is 0 Å². The van der Waals surface area contributed by atoms with E-state index < -0.39 is 10.0 Å². The van der Waals surface area contributed by atoms with E-state index in [-0.39, 0.29) is 6.03 Å². The fraction of sp³-hybridized carbons (Fsp3) is 0.833.